The second-order valence-electron chi connectivity index (χ2n) is 5.03. The molecule has 126 valence electrons. The quantitative estimate of drug-likeness (QED) is 0.612. The Morgan fingerprint density at radius 2 is 1.74 bits per heavy atom. The number of aliphatic hydroxyl groups excluding tert-OH is 1. The highest BCUT2D eigenvalue weighted by atomic mass is 19.2. The third-order valence-electron chi connectivity index (χ3n) is 3.55. The molecular formula is C14H16F3N3O3. The third-order valence-corrected chi connectivity index (χ3v) is 3.55. The number of nitrogens with one attached hydrogen (secondary N) is 1. The van der Waals surface area contributed by atoms with Crippen LogP contribution in [0.3, 0.4) is 0 Å². The maximum atomic E-state index is 13.5. The van der Waals surface area contributed by atoms with Crippen LogP contribution in [0.1, 0.15) is 0 Å². The number of carbonyl (C=O) groups excluding carboxylic acids is 2. The monoisotopic (exact) mass is 331 g/mol. The van der Waals surface area contributed by atoms with E-state index in [2.05, 4.69) is 0 Å². The number of aliphatic hydroxyl groups is 1. The molecule has 1 aromatic rings. The lowest BCUT2D eigenvalue weighted by Crippen LogP contribution is -2.52. The highest BCUT2D eigenvalue weighted by Crippen LogP contribution is 2.19. The number of piperazine rings is 1. The van der Waals surface area contributed by atoms with Gasteiger partial charge in [-0.2, -0.15) is 0 Å². The van der Waals surface area contributed by atoms with Crippen LogP contribution >= 0.6 is 0 Å². The van der Waals surface area contributed by atoms with Gasteiger partial charge in [0.05, 0.1) is 12.3 Å². The van der Waals surface area contributed by atoms with Gasteiger partial charge >= 0.3 is 11.8 Å². The molecule has 1 saturated heterocycles. The van der Waals surface area contributed by atoms with Crippen molar-refractivity contribution in [1.29, 1.82) is 0 Å². The van der Waals surface area contributed by atoms with Gasteiger partial charge in [-0.3, -0.25) is 14.5 Å². The average Bonchev–Trinajstić information content (AvgIpc) is 2.55. The van der Waals surface area contributed by atoms with E-state index in [1.54, 1.807) is 0 Å². The van der Waals surface area contributed by atoms with Crippen LogP contribution in [0.5, 0.6) is 0 Å². The van der Waals surface area contributed by atoms with Gasteiger partial charge in [0.2, 0.25) is 0 Å². The van der Waals surface area contributed by atoms with E-state index in [9.17, 15) is 22.8 Å². The second kappa shape index (κ2) is 7.42. The Morgan fingerprint density at radius 1 is 1.09 bits per heavy atom. The Bertz CT molecular complexity index is 604. The molecule has 2 N–H and O–H groups in total. The van der Waals surface area contributed by atoms with Crippen molar-refractivity contribution in [3.63, 3.8) is 0 Å². The molecule has 23 heavy (non-hydrogen) atoms. The first-order valence-electron chi connectivity index (χ1n) is 7.01. The Labute approximate surface area is 130 Å². The summed E-state index contributed by atoms with van der Waals surface area (Å²) >= 11 is 0. The molecule has 1 heterocycles. The SMILES string of the molecule is O=C(Nc1ccc(F)c(F)c1F)C(=O)N1CCN(CCO)CC1. The van der Waals surface area contributed by atoms with Gasteiger partial charge in [-0.25, -0.2) is 13.2 Å². The van der Waals surface area contributed by atoms with Crippen LogP contribution in [-0.4, -0.2) is 66.1 Å². The lowest BCUT2D eigenvalue weighted by Gasteiger charge is -2.33. The molecule has 1 aliphatic rings. The summed E-state index contributed by atoms with van der Waals surface area (Å²) < 4.78 is 39.4. The zero-order valence-electron chi connectivity index (χ0n) is 12.2. The summed E-state index contributed by atoms with van der Waals surface area (Å²) in [6, 6.07) is 1.50. The highest BCUT2D eigenvalue weighted by molar-refractivity contribution is 6.39. The van der Waals surface area contributed by atoms with Crippen molar-refractivity contribution < 1.29 is 27.9 Å². The van der Waals surface area contributed by atoms with Crippen molar-refractivity contribution in [2.24, 2.45) is 0 Å². The molecule has 2 rings (SSSR count). The first-order valence-corrected chi connectivity index (χ1v) is 7.01. The van der Waals surface area contributed by atoms with Crippen molar-refractivity contribution in [1.82, 2.24) is 9.80 Å². The number of anilines is 1. The van der Waals surface area contributed by atoms with E-state index >= 15 is 0 Å². The number of halogens is 3. The maximum absolute atomic E-state index is 13.5. The first kappa shape index (κ1) is 17.2. The minimum absolute atomic E-state index is 0.00381. The molecule has 0 spiro atoms. The minimum atomic E-state index is -1.71. The van der Waals surface area contributed by atoms with Crippen molar-refractivity contribution in [2.75, 3.05) is 44.6 Å². The summed E-state index contributed by atoms with van der Waals surface area (Å²) in [5.74, 6) is -6.65. The Hall–Kier alpha value is -2.13. The number of nitrogens with zero attached hydrogens (tertiary/aromatic N) is 2. The number of carbonyl (C=O) groups is 2. The topological polar surface area (TPSA) is 72.9 Å². The molecule has 0 unspecified atom stereocenters. The van der Waals surface area contributed by atoms with Crippen molar-refractivity contribution in [3.05, 3.63) is 29.6 Å². The number of amides is 2. The molecule has 1 aromatic carbocycles. The fraction of sp³-hybridized carbons (Fsp3) is 0.429. The lowest BCUT2D eigenvalue weighted by atomic mass is 10.2. The molecule has 1 aliphatic heterocycles. The van der Waals surface area contributed by atoms with Gasteiger partial charge in [-0.15, -0.1) is 0 Å². The van der Waals surface area contributed by atoms with Gasteiger partial charge in [-0.05, 0) is 12.1 Å². The van der Waals surface area contributed by atoms with Crippen molar-refractivity contribution >= 4 is 17.5 Å². The second-order valence-corrected chi connectivity index (χ2v) is 5.03. The average molecular weight is 331 g/mol. The van der Waals surface area contributed by atoms with Crippen LogP contribution in [0.15, 0.2) is 12.1 Å². The van der Waals surface area contributed by atoms with Gasteiger partial charge in [0.25, 0.3) is 0 Å². The molecule has 0 saturated carbocycles. The van der Waals surface area contributed by atoms with Gasteiger partial charge in [-0.1, -0.05) is 0 Å². The van der Waals surface area contributed by atoms with Crippen LogP contribution in [0.4, 0.5) is 18.9 Å². The summed E-state index contributed by atoms with van der Waals surface area (Å²) in [5, 5.41) is 10.8. The van der Waals surface area contributed by atoms with E-state index < -0.39 is 35.0 Å². The lowest BCUT2D eigenvalue weighted by molar-refractivity contribution is -0.144. The van der Waals surface area contributed by atoms with Crippen molar-refractivity contribution in [3.8, 4) is 0 Å². The fourth-order valence-corrected chi connectivity index (χ4v) is 2.26. The zero-order chi connectivity index (χ0) is 17.0. The normalized spacial score (nSPS) is 15.6. The van der Waals surface area contributed by atoms with Crippen LogP contribution in [0.25, 0.3) is 0 Å². The van der Waals surface area contributed by atoms with E-state index in [1.165, 1.54) is 4.90 Å². The summed E-state index contributed by atoms with van der Waals surface area (Å²) in [4.78, 5) is 27.0. The first-order chi connectivity index (χ1) is 10.9. The van der Waals surface area contributed by atoms with E-state index in [0.29, 0.717) is 25.7 Å². The smallest absolute Gasteiger partial charge is 0.313 e. The largest absolute Gasteiger partial charge is 0.395 e. The zero-order valence-corrected chi connectivity index (χ0v) is 12.2. The maximum Gasteiger partial charge on any atom is 0.313 e. The summed E-state index contributed by atoms with van der Waals surface area (Å²) in [5.41, 5.74) is -0.596. The molecule has 0 atom stereocenters. The molecule has 9 heteroatoms. The fourth-order valence-electron chi connectivity index (χ4n) is 2.26. The van der Waals surface area contributed by atoms with E-state index in [-0.39, 0.29) is 19.7 Å². The molecule has 0 radical (unpaired) electrons. The van der Waals surface area contributed by atoms with Crippen LogP contribution < -0.4 is 5.32 Å². The Kier molecular flexibility index (Phi) is 5.56. The number of hydrogen-bond donors (Lipinski definition) is 2. The standard InChI is InChI=1S/C14H16F3N3O3/c15-9-1-2-10(12(17)11(9)16)18-13(22)14(23)20-5-3-19(4-6-20)7-8-21/h1-2,21H,3-8H2,(H,18,22). The molecule has 0 aromatic heterocycles. The number of β-amino-alcohol motifs (C(OH)–C–C–N with tert-alkyl or cyclic N) is 1. The Balaban J connectivity index is 1.96. The summed E-state index contributed by atoms with van der Waals surface area (Å²) in [6.07, 6.45) is 0. The van der Waals surface area contributed by atoms with Crippen molar-refractivity contribution in [2.45, 2.75) is 0 Å². The van der Waals surface area contributed by atoms with Crippen LogP contribution in [-0.2, 0) is 9.59 Å². The van der Waals surface area contributed by atoms with Crippen LogP contribution in [0.2, 0.25) is 0 Å². The molecule has 6 nitrogen and oxygen atoms in total. The molecule has 2 amide bonds. The van der Waals surface area contributed by atoms with Gasteiger partial charge in [0, 0.05) is 32.7 Å². The molecule has 0 aliphatic carbocycles. The predicted octanol–water partition coefficient (Wildman–Crippen LogP) is 0.179. The number of benzene rings is 1. The summed E-state index contributed by atoms with van der Waals surface area (Å²) in [7, 11) is 0. The Morgan fingerprint density at radius 3 is 2.35 bits per heavy atom. The number of rotatable bonds is 3. The highest BCUT2D eigenvalue weighted by Gasteiger charge is 2.27. The van der Waals surface area contributed by atoms with E-state index in [0.717, 1.165) is 6.07 Å². The predicted molar refractivity (Wildman–Crippen MR) is 75.1 cm³/mol. The van der Waals surface area contributed by atoms with Crippen LogP contribution in [0, 0.1) is 17.5 Å². The minimum Gasteiger partial charge on any atom is -0.395 e. The molecular weight excluding hydrogens is 315 g/mol. The van der Waals surface area contributed by atoms with E-state index in [4.69, 9.17) is 5.11 Å². The van der Waals surface area contributed by atoms with E-state index in [1.807, 2.05) is 10.2 Å². The summed E-state index contributed by atoms with van der Waals surface area (Å²) in [6.45, 7) is 2.05. The van der Waals surface area contributed by atoms with Gasteiger partial charge in [0.1, 0.15) is 0 Å². The van der Waals surface area contributed by atoms with Gasteiger partial charge < -0.3 is 15.3 Å². The third kappa shape index (κ3) is 3.99. The molecule has 1 fully saturated rings. The van der Waals surface area contributed by atoms with Gasteiger partial charge in [0.15, 0.2) is 17.5 Å². The molecule has 0 bridgehead atoms. The number of hydrogen-bond acceptors (Lipinski definition) is 4.